The molecule has 2 heterocycles. The number of pyridine rings is 1. The van der Waals surface area contributed by atoms with Gasteiger partial charge < -0.3 is 14.4 Å². The van der Waals surface area contributed by atoms with Crippen molar-refractivity contribution in [1.82, 2.24) is 9.55 Å². The molecule has 0 aliphatic carbocycles. The van der Waals surface area contributed by atoms with Crippen LogP contribution in [0.15, 0.2) is 60.8 Å². The van der Waals surface area contributed by atoms with E-state index < -0.39 is 26.4 Å². The number of anilines is 1. The topological polar surface area (TPSA) is 119 Å². The molecule has 38 heavy (non-hydrogen) atoms. The Morgan fingerprint density at radius 1 is 1.00 bits per heavy atom. The van der Waals surface area contributed by atoms with Gasteiger partial charge in [0.15, 0.2) is 0 Å². The number of sulfonamides is 2. The van der Waals surface area contributed by atoms with Gasteiger partial charge in [-0.1, -0.05) is 24.3 Å². The standard InChI is InChI=1S/C24H22F3N3O6S2/c1-15-22-18(14-29(23(22)31)13-16-7-9-20(10-8-16)36-24(25,26)27)12-21(28-15)17-5-4-6-19(11-17)30(37(2,32)33)38(3,34)35/h4-12,14,31H,13H2,1-3H3. The van der Waals surface area contributed by atoms with Gasteiger partial charge in [0.05, 0.1) is 41.5 Å². The van der Waals surface area contributed by atoms with Crippen LogP contribution in [0.4, 0.5) is 18.9 Å². The van der Waals surface area contributed by atoms with E-state index in [0.717, 1.165) is 12.5 Å². The second-order valence-electron chi connectivity index (χ2n) is 8.60. The van der Waals surface area contributed by atoms with Gasteiger partial charge in [0.25, 0.3) is 0 Å². The van der Waals surface area contributed by atoms with Crippen molar-refractivity contribution in [1.29, 1.82) is 0 Å². The van der Waals surface area contributed by atoms with Crippen LogP contribution in [0.2, 0.25) is 0 Å². The lowest BCUT2D eigenvalue weighted by Gasteiger charge is -2.20. The lowest BCUT2D eigenvalue weighted by atomic mass is 10.1. The Labute approximate surface area is 216 Å². The van der Waals surface area contributed by atoms with Crippen molar-refractivity contribution in [2.45, 2.75) is 19.8 Å². The van der Waals surface area contributed by atoms with E-state index in [9.17, 15) is 35.1 Å². The zero-order chi connectivity index (χ0) is 28.0. The van der Waals surface area contributed by atoms with E-state index in [1.165, 1.54) is 47.0 Å². The number of rotatable bonds is 7. The predicted molar refractivity (Wildman–Crippen MR) is 136 cm³/mol. The number of halogens is 3. The Bertz CT molecular complexity index is 1700. The van der Waals surface area contributed by atoms with Crippen LogP contribution in [0.3, 0.4) is 0 Å². The fourth-order valence-corrected chi connectivity index (χ4v) is 7.09. The zero-order valence-electron chi connectivity index (χ0n) is 20.3. The molecule has 0 aliphatic rings. The summed E-state index contributed by atoms with van der Waals surface area (Å²) in [4.78, 5) is 4.51. The van der Waals surface area contributed by atoms with Gasteiger partial charge >= 0.3 is 6.36 Å². The van der Waals surface area contributed by atoms with Crippen molar-refractivity contribution in [2.24, 2.45) is 0 Å². The smallest absolute Gasteiger partial charge is 0.494 e. The van der Waals surface area contributed by atoms with Crippen molar-refractivity contribution in [2.75, 3.05) is 16.2 Å². The van der Waals surface area contributed by atoms with Crippen LogP contribution >= 0.6 is 0 Å². The molecule has 0 spiro atoms. The highest BCUT2D eigenvalue weighted by Gasteiger charge is 2.31. The van der Waals surface area contributed by atoms with E-state index >= 15 is 0 Å². The second kappa shape index (κ2) is 9.51. The normalized spacial score (nSPS) is 12.6. The number of alkyl halides is 3. The molecule has 0 atom stereocenters. The summed E-state index contributed by atoms with van der Waals surface area (Å²) >= 11 is 0. The minimum Gasteiger partial charge on any atom is -0.494 e. The Morgan fingerprint density at radius 3 is 2.21 bits per heavy atom. The summed E-state index contributed by atoms with van der Waals surface area (Å²) in [7, 11) is -8.27. The fourth-order valence-electron chi connectivity index (χ4n) is 4.13. The van der Waals surface area contributed by atoms with Crippen LogP contribution in [0.1, 0.15) is 11.3 Å². The molecule has 0 saturated heterocycles. The largest absolute Gasteiger partial charge is 0.573 e. The SMILES string of the molecule is Cc1nc(-c2cccc(N(S(C)(=O)=O)S(C)(=O)=O)c2)cc2cn(Cc3ccc(OC(F)(F)F)cc3)c(O)c12. The molecule has 0 radical (unpaired) electrons. The van der Waals surface area contributed by atoms with Gasteiger partial charge in [0.2, 0.25) is 25.9 Å². The molecule has 0 fully saturated rings. The Morgan fingerprint density at radius 2 is 1.63 bits per heavy atom. The lowest BCUT2D eigenvalue weighted by molar-refractivity contribution is -0.274. The molecule has 0 unspecified atom stereocenters. The van der Waals surface area contributed by atoms with Crippen LogP contribution in [0.5, 0.6) is 11.6 Å². The molecule has 2 aromatic carbocycles. The van der Waals surface area contributed by atoms with E-state index in [0.29, 0.717) is 37.0 Å². The molecular formula is C24H22F3N3O6S2. The van der Waals surface area contributed by atoms with Crippen molar-refractivity contribution < 1.29 is 39.9 Å². The van der Waals surface area contributed by atoms with Gasteiger partial charge in [-0.15, -0.1) is 13.2 Å². The third-order valence-corrected chi connectivity index (χ3v) is 8.74. The highest BCUT2D eigenvalue weighted by Crippen LogP contribution is 2.34. The van der Waals surface area contributed by atoms with Gasteiger partial charge in [-0.2, -0.15) is 3.71 Å². The van der Waals surface area contributed by atoms with Crippen LogP contribution < -0.4 is 8.45 Å². The molecule has 14 heteroatoms. The first-order chi connectivity index (χ1) is 17.5. The first-order valence-corrected chi connectivity index (χ1v) is 14.6. The van der Waals surface area contributed by atoms with Crippen LogP contribution in [-0.4, -0.2) is 50.4 Å². The molecule has 0 saturated carbocycles. The van der Waals surface area contributed by atoms with Crippen molar-refractivity contribution in [3.05, 3.63) is 72.1 Å². The maximum Gasteiger partial charge on any atom is 0.573 e. The van der Waals surface area contributed by atoms with E-state index in [-0.39, 0.29) is 23.9 Å². The lowest BCUT2D eigenvalue weighted by Crippen LogP contribution is -2.35. The molecule has 9 nitrogen and oxygen atoms in total. The van der Waals surface area contributed by atoms with E-state index in [1.807, 2.05) is 0 Å². The number of aryl methyl sites for hydroxylation is 1. The Balaban J connectivity index is 1.70. The number of fused-ring (bicyclic) bond motifs is 1. The van der Waals surface area contributed by atoms with Crippen LogP contribution in [0, 0.1) is 6.92 Å². The Hall–Kier alpha value is -3.78. The molecule has 1 N–H and O–H groups in total. The first-order valence-electron chi connectivity index (χ1n) is 10.9. The summed E-state index contributed by atoms with van der Waals surface area (Å²) in [5.74, 6) is -0.457. The highest BCUT2D eigenvalue weighted by molar-refractivity contribution is 8.09. The number of hydrogen-bond acceptors (Lipinski definition) is 7. The van der Waals surface area contributed by atoms with E-state index in [4.69, 9.17) is 0 Å². The van der Waals surface area contributed by atoms with Crippen LogP contribution in [0.25, 0.3) is 22.0 Å². The predicted octanol–water partition coefficient (Wildman–Crippen LogP) is 4.39. The maximum absolute atomic E-state index is 12.4. The average Bonchev–Trinajstić information content (AvgIpc) is 3.08. The summed E-state index contributed by atoms with van der Waals surface area (Å²) in [5, 5.41) is 11.9. The minimum absolute atomic E-state index is 0.0783. The third kappa shape index (κ3) is 5.86. The highest BCUT2D eigenvalue weighted by atomic mass is 32.3. The number of aromatic hydroxyl groups is 1. The van der Waals surface area contributed by atoms with Gasteiger partial charge in [0.1, 0.15) is 5.75 Å². The molecule has 0 amide bonds. The summed E-state index contributed by atoms with van der Waals surface area (Å²) in [5.41, 5.74) is 1.83. The second-order valence-corrected chi connectivity index (χ2v) is 12.5. The first kappa shape index (κ1) is 27.3. The Kier molecular flexibility index (Phi) is 6.82. The monoisotopic (exact) mass is 569 g/mol. The number of aromatic nitrogens is 2. The van der Waals surface area contributed by atoms with Gasteiger partial charge in [-0.25, -0.2) is 16.8 Å². The van der Waals surface area contributed by atoms with Crippen molar-refractivity contribution >= 4 is 36.5 Å². The summed E-state index contributed by atoms with van der Waals surface area (Å²) in [6.07, 6.45) is -1.57. The molecular weight excluding hydrogens is 547 g/mol. The maximum atomic E-state index is 12.4. The van der Waals surface area contributed by atoms with E-state index in [1.54, 1.807) is 25.3 Å². The molecule has 202 valence electrons. The molecule has 4 aromatic rings. The van der Waals surface area contributed by atoms with Crippen molar-refractivity contribution in [3.8, 4) is 22.9 Å². The molecule has 0 bridgehead atoms. The van der Waals surface area contributed by atoms with Crippen LogP contribution in [-0.2, 0) is 26.6 Å². The van der Waals surface area contributed by atoms with Gasteiger partial charge in [-0.3, -0.25) is 4.98 Å². The number of ether oxygens (including phenoxy) is 1. The quantitative estimate of drug-likeness (QED) is 0.351. The van der Waals surface area contributed by atoms with E-state index in [2.05, 4.69) is 9.72 Å². The number of hydrogen-bond donors (Lipinski definition) is 1. The average molecular weight is 570 g/mol. The molecule has 2 aromatic heterocycles. The van der Waals surface area contributed by atoms with Gasteiger partial charge in [-0.05, 0) is 42.8 Å². The summed E-state index contributed by atoms with van der Waals surface area (Å²) in [6, 6.07) is 12.8. The summed E-state index contributed by atoms with van der Waals surface area (Å²) in [6.45, 7) is 1.82. The minimum atomic E-state index is -4.80. The fraction of sp³-hybridized carbons (Fsp3) is 0.208. The number of nitrogens with zero attached hydrogens (tertiary/aromatic N) is 3. The number of benzene rings is 2. The van der Waals surface area contributed by atoms with Crippen molar-refractivity contribution in [3.63, 3.8) is 0 Å². The van der Waals surface area contributed by atoms with Gasteiger partial charge in [0, 0.05) is 17.1 Å². The zero-order valence-corrected chi connectivity index (χ0v) is 21.9. The summed E-state index contributed by atoms with van der Waals surface area (Å²) < 4.78 is 91.6. The molecule has 4 rings (SSSR count). The molecule has 0 aliphatic heterocycles. The third-order valence-electron chi connectivity index (χ3n) is 5.49.